The van der Waals surface area contributed by atoms with Crippen molar-refractivity contribution in [1.29, 1.82) is 0 Å². The maximum Gasteiger partial charge on any atom is 0.116 e. The van der Waals surface area contributed by atoms with Gasteiger partial charge in [-0.3, -0.25) is 0 Å². The van der Waals surface area contributed by atoms with Gasteiger partial charge in [0.15, 0.2) is 0 Å². The fourth-order valence-electron chi connectivity index (χ4n) is 2.23. The molecular weight excluding hydrogens is 256 g/mol. The van der Waals surface area contributed by atoms with Crippen molar-refractivity contribution in [3.8, 4) is 0 Å². The average molecular weight is 276 g/mol. The van der Waals surface area contributed by atoms with Crippen molar-refractivity contribution in [1.82, 2.24) is 19.9 Å². The molecule has 1 unspecified atom stereocenters. The van der Waals surface area contributed by atoms with Crippen molar-refractivity contribution < 1.29 is 0 Å². The monoisotopic (exact) mass is 276 g/mol. The zero-order chi connectivity index (χ0) is 13.4. The number of hydrogen-bond acceptors (Lipinski definition) is 4. The predicted molar refractivity (Wildman–Crippen MR) is 77.5 cm³/mol. The molecule has 1 aliphatic carbocycles. The smallest absolute Gasteiger partial charge is 0.116 e. The maximum atomic E-state index is 4.74. The van der Waals surface area contributed by atoms with Gasteiger partial charge in [-0.2, -0.15) is 0 Å². The van der Waals surface area contributed by atoms with Crippen LogP contribution in [0.2, 0.25) is 0 Å². The van der Waals surface area contributed by atoms with Gasteiger partial charge in [-0.1, -0.05) is 0 Å². The van der Waals surface area contributed by atoms with Crippen LogP contribution in [0.25, 0.3) is 0 Å². The fourth-order valence-corrected chi connectivity index (χ4v) is 3.22. The standard InChI is InChI=1S/C14H20N4S/c1-4-18-8-15-7-12(18)13(17-11-5-6-11)14-16-9(2)10(3)19-14/h7-8,11,13,17H,4-6H2,1-3H3. The molecule has 0 spiro atoms. The second kappa shape index (κ2) is 5.06. The van der Waals surface area contributed by atoms with E-state index in [0.29, 0.717) is 6.04 Å². The van der Waals surface area contributed by atoms with Gasteiger partial charge in [-0.15, -0.1) is 11.3 Å². The molecule has 1 fully saturated rings. The molecule has 0 amide bonds. The molecule has 5 heteroatoms. The molecule has 0 aliphatic heterocycles. The van der Waals surface area contributed by atoms with Crippen LogP contribution in [0.15, 0.2) is 12.5 Å². The number of rotatable bonds is 5. The largest absolute Gasteiger partial charge is 0.333 e. The summed E-state index contributed by atoms with van der Waals surface area (Å²) in [6, 6.07) is 0.835. The molecule has 1 atom stereocenters. The highest BCUT2D eigenvalue weighted by molar-refractivity contribution is 7.11. The number of nitrogens with zero attached hydrogens (tertiary/aromatic N) is 3. The van der Waals surface area contributed by atoms with Gasteiger partial charge in [0.25, 0.3) is 0 Å². The molecule has 0 radical (unpaired) electrons. The second-order valence-corrected chi connectivity index (χ2v) is 6.41. The van der Waals surface area contributed by atoms with Crippen molar-refractivity contribution in [2.24, 2.45) is 0 Å². The quantitative estimate of drug-likeness (QED) is 0.913. The number of aryl methyl sites for hydroxylation is 3. The summed E-state index contributed by atoms with van der Waals surface area (Å²) in [6.45, 7) is 7.32. The lowest BCUT2D eigenvalue weighted by atomic mass is 10.2. The Morgan fingerprint density at radius 3 is 2.84 bits per heavy atom. The first-order chi connectivity index (χ1) is 9.19. The number of hydrogen-bond donors (Lipinski definition) is 1. The van der Waals surface area contributed by atoms with E-state index in [2.05, 4.69) is 35.6 Å². The van der Waals surface area contributed by atoms with Crippen LogP contribution in [0, 0.1) is 13.8 Å². The first kappa shape index (κ1) is 12.8. The molecule has 2 aromatic rings. The molecule has 2 aromatic heterocycles. The highest BCUT2D eigenvalue weighted by Gasteiger charge is 2.29. The van der Waals surface area contributed by atoms with Crippen LogP contribution >= 0.6 is 11.3 Å². The molecule has 0 bridgehead atoms. The van der Waals surface area contributed by atoms with E-state index in [1.165, 1.54) is 23.4 Å². The highest BCUT2D eigenvalue weighted by atomic mass is 32.1. The minimum Gasteiger partial charge on any atom is -0.333 e. The Morgan fingerprint density at radius 1 is 1.47 bits per heavy atom. The molecule has 102 valence electrons. The van der Waals surface area contributed by atoms with Gasteiger partial charge >= 0.3 is 0 Å². The second-order valence-electron chi connectivity index (χ2n) is 5.17. The summed E-state index contributed by atoms with van der Waals surface area (Å²) in [5, 5.41) is 4.88. The molecule has 19 heavy (non-hydrogen) atoms. The van der Waals surface area contributed by atoms with Crippen LogP contribution in [0.3, 0.4) is 0 Å². The lowest BCUT2D eigenvalue weighted by molar-refractivity contribution is 0.552. The predicted octanol–water partition coefficient (Wildman–Crippen LogP) is 2.82. The van der Waals surface area contributed by atoms with E-state index in [1.54, 1.807) is 11.3 Å². The number of aromatic nitrogens is 3. The number of thiazole rings is 1. The van der Waals surface area contributed by atoms with Crippen molar-refractivity contribution in [2.45, 2.75) is 52.2 Å². The van der Waals surface area contributed by atoms with Crippen molar-refractivity contribution in [3.05, 3.63) is 33.8 Å². The van der Waals surface area contributed by atoms with E-state index < -0.39 is 0 Å². The normalized spacial score (nSPS) is 16.8. The minimum atomic E-state index is 0.187. The Hall–Kier alpha value is -1.20. The van der Waals surface area contributed by atoms with Crippen LogP contribution in [0.4, 0.5) is 0 Å². The fraction of sp³-hybridized carbons (Fsp3) is 0.571. The summed E-state index contributed by atoms with van der Waals surface area (Å²) in [6.07, 6.45) is 6.43. The van der Waals surface area contributed by atoms with Gasteiger partial charge in [0.05, 0.1) is 23.9 Å². The van der Waals surface area contributed by atoms with E-state index in [0.717, 1.165) is 17.2 Å². The molecular formula is C14H20N4S. The van der Waals surface area contributed by atoms with Gasteiger partial charge in [0, 0.05) is 17.5 Å². The van der Waals surface area contributed by atoms with Crippen LogP contribution < -0.4 is 5.32 Å². The Labute approximate surface area is 117 Å². The summed E-state index contributed by atoms with van der Waals surface area (Å²) in [7, 11) is 0. The van der Waals surface area contributed by atoms with E-state index in [1.807, 2.05) is 12.5 Å². The Morgan fingerprint density at radius 2 is 2.26 bits per heavy atom. The molecule has 3 rings (SSSR count). The van der Waals surface area contributed by atoms with E-state index in [-0.39, 0.29) is 6.04 Å². The minimum absolute atomic E-state index is 0.187. The summed E-state index contributed by atoms with van der Waals surface area (Å²) in [5.74, 6) is 0. The summed E-state index contributed by atoms with van der Waals surface area (Å²) in [5.41, 5.74) is 2.37. The van der Waals surface area contributed by atoms with Gasteiger partial charge in [0.1, 0.15) is 11.0 Å². The van der Waals surface area contributed by atoms with Gasteiger partial charge in [-0.25, -0.2) is 9.97 Å². The number of imidazole rings is 1. The molecule has 1 saturated carbocycles. The third kappa shape index (κ3) is 2.58. The van der Waals surface area contributed by atoms with Crippen LogP contribution in [-0.2, 0) is 6.54 Å². The van der Waals surface area contributed by atoms with E-state index >= 15 is 0 Å². The molecule has 1 N–H and O–H groups in total. The molecule has 0 aromatic carbocycles. The summed E-state index contributed by atoms with van der Waals surface area (Å²) >= 11 is 1.79. The Bertz CT molecular complexity index is 548. The third-order valence-corrected chi connectivity index (χ3v) is 4.79. The third-order valence-electron chi connectivity index (χ3n) is 3.65. The summed E-state index contributed by atoms with van der Waals surface area (Å²) < 4.78 is 2.20. The number of nitrogens with one attached hydrogen (secondary N) is 1. The highest BCUT2D eigenvalue weighted by Crippen LogP contribution is 2.31. The van der Waals surface area contributed by atoms with Crippen LogP contribution in [0.5, 0.6) is 0 Å². The molecule has 4 nitrogen and oxygen atoms in total. The zero-order valence-corrected chi connectivity index (χ0v) is 12.5. The van der Waals surface area contributed by atoms with Crippen LogP contribution in [-0.4, -0.2) is 20.6 Å². The average Bonchev–Trinajstić information content (AvgIpc) is 2.99. The lowest BCUT2D eigenvalue weighted by Crippen LogP contribution is -2.26. The molecule has 2 heterocycles. The Kier molecular flexibility index (Phi) is 3.41. The molecule has 1 aliphatic rings. The van der Waals surface area contributed by atoms with Crippen molar-refractivity contribution >= 4 is 11.3 Å². The Balaban J connectivity index is 1.96. The van der Waals surface area contributed by atoms with Gasteiger partial charge in [-0.05, 0) is 33.6 Å². The van der Waals surface area contributed by atoms with Crippen molar-refractivity contribution in [3.63, 3.8) is 0 Å². The molecule has 0 saturated heterocycles. The maximum absolute atomic E-state index is 4.74. The van der Waals surface area contributed by atoms with Crippen LogP contribution in [0.1, 0.15) is 47.1 Å². The van der Waals surface area contributed by atoms with Gasteiger partial charge in [0.2, 0.25) is 0 Å². The summed E-state index contributed by atoms with van der Waals surface area (Å²) in [4.78, 5) is 10.3. The van der Waals surface area contributed by atoms with E-state index in [9.17, 15) is 0 Å². The van der Waals surface area contributed by atoms with E-state index in [4.69, 9.17) is 4.98 Å². The topological polar surface area (TPSA) is 42.7 Å². The van der Waals surface area contributed by atoms with Crippen molar-refractivity contribution in [2.75, 3.05) is 0 Å². The first-order valence-electron chi connectivity index (χ1n) is 6.89. The SMILES string of the molecule is CCn1cncc1C(NC1CC1)c1nc(C)c(C)s1. The van der Waals surface area contributed by atoms with Gasteiger partial charge < -0.3 is 9.88 Å². The lowest BCUT2D eigenvalue weighted by Gasteiger charge is -2.17. The zero-order valence-electron chi connectivity index (χ0n) is 11.7. The first-order valence-corrected chi connectivity index (χ1v) is 7.70.